The molecule has 2 aromatic carbocycles. The van der Waals surface area contributed by atoms with Gasteiger partial charge in [0.25, 0.3) is 0 Å². The molecule has 0 radical (unpaired) electrons. The Morgan fingerprint density at radius 1 is 1.08 bits per heavy atom. The van der Waals surface area contributed by atoms with Crippen molar-refractivity contribution in [3.63, 3.8) is 0 Å². The second kappa shape index (κ2) is 4.80. The van der Waals surface area contributed by atoms with E-state index in [9.17, 15) is 5.11 Å². The second-order valence-electron chi connectivity index (χ2n) is 6.77. The molecule has 3 heterocycles. The number of methoxy groups -OCH3 is 1. The van der Waals surface area contributed by atoms with Gasteiger partial charge in [-0.3, -0.25) is 4.90 Å². The van der Waals surface area contributed by atoms with Gasteiger partial charge >= 0.3 is 0 Å². The molecule has 4 aliphatic rings. The fourth-order valence-electron chi connectivity index (χ4n) is 4.35. The average Bonchev–Trinajstić information content (AvgIpc) is 2.93. The zero-order valence-corrected chi connectivity index (χ0v) is 13.7. The fraction of sp³-hybridized carbons (Fsp3) is 0.368. The van der Waals surface area contributed by atoms with Crippen molar-refractivity contribution >= 4 is 0 Å². The molecule has 0 fully saturated rings. The van der Waals surface area contributed by atoms with Crippen LogP contribution in [-0.2, 0) is 6.42 Å². The van der Waals surface area contributed by atoms with E-state index in [-0.39, 0.29) is 17.7 Å². The first-order chi connectivity index (χ1) is 11.7. The summed E-state index contributed by atoms with van der Waals surface area (Å²) in [6.07, 6.45) is 0.868. The van der Waals surface area contributed by atoms with Gasteiger partial charge in [-0.15, -0.1) is 0 Å². The highest BCUT2D eigenvalue weighted by molar-refractivity contribution is 5.59. The van der Waals surface area contributed by atoms with Crippen LogP contribution in [0.5, 0.6) is 23.0 Å². The van der Waals surface area contributed by atoms with E-state index in [2.05, 4.69) is 24.1 Å². The predicted octanol–water partition coefficient (Wildman–Crippen LogP) is 2.80. The second-order valence-corrected chi connectivity index (χ2v) is 6.77. The highest BCUT2D eigenvalue weighted by atomic mass is 16.7. The lowest BCUT2D eigenvalue weighted by molar-refractivity contribution is 0.174. The molecule has 5 heteroatoms. The maximum Gasteiger partial charge on any atom is 0.231 e. The molecule has 24 heavy (non-hydrogen) atoms. The summed E-state index contributed by atoms with van der Waals surface area (Å²) in [7, 11) is 3.75. The Morgan fingerprint density at radius 2 is 1.83 bits per heavy atom. The Balaban J connectivity index is 1.75. The lowest BCUT2D eigenvalue weighted by Gasteiger charge is -2.36. The van der Waals surface area contributed by atoms with E-state index in [0.29, 0.717) is 12.5 Å². The van der Waals surface area contributed by atoms with Gasteiger partial charge in [0, 0.05) is 18.5 Å². The third kappa shape index (κ3) is 1.79. The molecule has 2 bridgehead atoms. The fourth-order valence-corrected chi connectivity index (χ4v) is 4.35. The number of benzene rings is 2. The largest absolute Gasteiger partial charge is 0.504 e. The van der Waals surface area contributed by atoms with Crippen LogP contribution in [0.4, 0.5) is 0 Å². The third-order valence-corrected chi connectivity index (χ3v) is 5.54. The molecule has 0 amide bonds. The molecular formula is C19H19NO4. The number of phenolic OH excluding ortho intramolecular Hbond substituents is 1. The van der Waals surface area contributed by atoms with Crippen molar-refractivity contribution in [3.05, 3.63) is 46.5 Å². The molecule has 3 aliphatic heterocycles. The molecule has 0 unspecified atom stereocenters. The van der Waals surface area contributed by atoms with Crippen molar-refractivity contribution in [1.29, 1.82) is 0 Å². The summed E-state index contributed by atoms with van der Waals surface area (Å²) in [5.74, 6) is 2.64. The van der Waals surface area contributed by atoms with Crippen LogP contribution in [0.3, 0.4) is 0 Å². The molecule has 0 saturated heterocycles. The monoisotopic (exact) mass is 325 g/mol. The van der Waals surface area contributed by atoms with E-state index in [1.54, 1.807) is 7.11 Å². The van der Waals surface area contributed by atoms with Gasteiger partial charge in [-0.05, 0) is 60.0 Å². The van der Waals surface area contributed by atoms with Gasteiger partial charge in [-0.25, -0.2) is 0 Å². The minimum absolute atomic E-state index is 0.207. The molecule has 5 nitrogen and oxygen atoms in total. The molecule has 6 rings (SSSR count). The van der Waals surface area contributed by atoms with Crippen LogP contribution in [-0.4, -0.2) is 37.5 Å². The number of hydrogen-bond acceptors (Lipinski definition) is 5. The van der Waals surface area contributed by atoms with Crippen molar-refractivity contribution in [2.45, 2.75) is 18.4 Å². The Morgan fingerprint density at radius 3 is 2.58 bits per heavy atom. The minimum Gasteiger partial charge on any atom is -0.504 e. The van der Waals surface area contributed by atoms with E-state index in [1.807, 2.05) is 12.1 Å². The maximum absolute atomic E-state index is 10.2. The van der Waals surface area contributed by atoms with Crippen LogP contribution in [0.1, 0.15) is 34.2 Å². The van der Waals surface area contributed by atoms with Crippen molar-refractivity contribution in [1.82, 2.24) is 4.90 Å². The smallest absolute Gasteiger partial charge is 0.231 e. The summed E-state index contributed by atoms with van der Waals surface area (Å²) in [6.45, 7) is 1.24. The third-order valence-electron chi connectivity index (χ3n) is 5.54. The van der Waals surface area contributed by atoms with Crippen molar-refractivity contribution < 1.29 is 19.3 Å². The number of likely N-dealkylation sites (N-methyl/N-ethyl adjacent to an activating group) is 1. The highest BCUT2D eigenvalue weighted by Crippen LogP contribution is 2.50. The van der Waals surface area contributed by atoms with E-state index in [4.69, 9.17) is 14.2 Å². The predicted molar refractivity (Wildman–Crippen MR) is 88.1 cm³/mol. The summed E-state index contributed by atoms with van der Waals surface area (Å²) >= 11 is 0. The molecule has 0 spiro atoms. The number of rotatable bonds is 1. The lowest BCUT2D eigenvalue weighted by atomic mass is 9.84. The summed E-state index contributed by atoms with van der Waals surface area (Å²) in [5.41, 5.74) is 5.02. The number of aromatic hydroxyl groups is 1. The van der Waals surface area contributed by atoms with E-state index in [0.717, 1.165) is 24.5 Å². The molecule has 2 atom stereocenters. The van der Waals surface area contributed by atoms with Crippen molar-refractivity contribution in [3.8, 4) is 23.0 Å². The number of fused-ring (bicyclic) bond motifs is 2. The lowest BCUT2D eigenvalue weighted by Crippen LogP contribution is -2.33. The Labute approximate surface area is 140 Å². The normalized spacial score (nSPS) is 23.6. The molecule has 2 aromatic rings. The SMILES string of the molecule is COc1cc2c(cc1O)C[C@H]1c3cc4c(cc3[C@@H]2CN1C)OCO4. The average molecular weight is 325 g/mol. The number of hydrogen-bond donors (Lipinski definition) is 1. The maximum atomic E-state index is 10.2. The topological polar surface area (TPSA) is 51.2 Å². The van der Waals surface area contributed by atoms with Gasteiger partial charge in [0.05, 0.1) is 7.11 Å². The molecule has 124 valence electrons. The number of phenols is 1. The van der Waals surface area contributed by atoms with Crippen LogP contribution >= 0.6 is 0 Å². The molecular weight excluding hydrogens is 306 g/mol. The van der Waals surface area contributed by atoms with Gasteiger partial charge in [0.15, 0.2) is 23.0 Å². The van der Waals surface area contributed by atoms with Gasteiger partial charge in [0.2, 0.25) is 6.79 Å². The van der Waals surface area contributed by atoms with Crippen LogP contribution in [0.2, 0.25) is 0 Å². The Bertz CT molecular complexity index is 848. The first-order valence-corrected chi connectivity index (χ1v) is 8.19. The standard InChI is InChI=1S/C19H19NO4/c1-20-8-14-11-5-17(22-2)16(21)4-10(11)3-15(20)13-7-19-18(6-12(13)14)23-9-24-19/h4-7,14-15,21H,3,8-9H2,1-2H3/t14-,15+/m1/s1. The quantitative estimate of drug-likeness (QED) is 0.874. The van der Waals surface area contributed by atoms with Gasteiger partial charge in [-0.2, -0.15) is 0 Å². The molecule has 1 aliphatic carbocycles. The molecule has 0 saturated carbocycles. The van der Waals surface area contributed by atoms with Gasteiger partial charge in [0.1, 0.15) is 0 Å². The summed E-state index contributed by atoms with van der Waals surface area (Å²) in [4.78, 5) is 2.39. The van der Waals surface area contributed by atoms with E-state index < -0.39 is 0 Å². The zero-order valence-electron chi connectivity index (χ0n) is 13.7. The van der Waals surface area contributed by atoms with Gasteiger partial charge in [-0.1, -0.05) is 0 Å². The Hall–Kier alpha value is -2.40. The van der Waals surface area contributed by atoms with E-state index >= 15 is 0 Å². The number of ether oxygens (including phenoxy) is 3. The van der Waals surface area contributed by atoms with Crippen LogP contribution < -0.4 is 14.2 Å². The van der Waals surface area contributed by atoms with E-state index in [1.165, 1.54) is 22.3 Å². The Kier molecular flexibility index (Phi) is 2.80. The van der Waals surface area contributed by atoms with Crippen molar-refractivity contribution in [2.75, 3.05) is 27.5 Å². The van der Waals surface area contributed by atoms with Gasteiger partial charge < -0.3 is 19.3 Å². The van der Waals surface area contributed by atoms with Crippen LogP contribution in [0, 0.1) is 0 Å². The molecule has 1 N–H and O–H groups in total. The highest BCUT2D eigenvalue weighted by Gasteiger charge is 2.39. The summed E-state index contributed by atoms with van der Waals surface area (Å²) < 4.78 is 16.5. The summed E-state index contributed by atoms with van der Waals surface area (Å²) in [6, 6.07) is 8.40. The summed E-state index contributed by atoms with van der Waals surface area (Å²) in [5, 5.41) is 10.2. The van der Waals surface area contributed by atoms with Crippen LogP contribution in [0.25, 0.3) is 0 Å². The zero-order chi connectivity index (χ0) is 16.4. The first-order valence-electron chi connectivity index (χ1n) is 8.19. The molecule has 0 aromatic heterocycles. The van der Waals surface area contributed by atoms with Crippen LogP contribution in [0.15, 0.2) is 24.3 Å². The van der Waals surface area contributed by atoms with Crippen molar-refractivity contribution in [2.24, 2.45) is 0 Å². The minimum atomic E-state index is 0.207. The number of nitrogens with zero attached hydrogens (tertiary/aromatic N) is 1. The first kappa shape index (κ1) is 14.0.